The summed E-state index contributed by atoms with van der Waals surface area (Å²) < 4.78 is 5.30. The molecule has 0 aliphatic carbocycles. The van der Waals surface area contributed by atoms with E-state index in [1.54, 1.807) is 6.92 Å². The minimum absolute atomic E-state index is 0.0467. The van der Waals surface area contributed by atoms with Crippen LogP contribution in [-0.4, -0.2) is 54.4 Å². The number of carbonyl (C=O) groups excluding carboxylic acids is 1. The van der Waals surface area contributed by atoms with E-state index in [-0.39, 0.29) is 18.7 Å². The van der Waals surface area contributed by atoms with Crippen molar-refractivity contribution in [3.63, 3.8) is 0 Å². The Morgan fingerprint density at radius 3 is 2.39 bits per heavy atom. The topological polar surface area (TPSA) is 78.9 Å². The molecule has 106 valence electrons. The maximum Gasteiger partial charge on any atom is 0.317 e. The van der Waals surface area contributed by atoms with Crippen LogP contribution >= 0.6 is 0 Å². The molecule has 2 atom stereocenters. The Morgan fingerprint density at radius 2 is 1.94 bits per heavy atom. The molecule has 0 rings (SSSR count). The van der Waals surface area contributed by atoms with E-state index in [9.17, 15) is 9.59 Å². The predicted octanol–water partition coefficient (Wildman–Crippen LogP) is 1.16. The highest BCUT2D eigenvalue weighted by molar-refractivity contribution is 5.75. The molecular formula is C12H24N2O4. The van der Waals surface area contributed by atoms with Gasteiger partial charge in [0.25, 0.3) is 0 Å². The van der Waals surface area contributed by atoms with Crippen LogP contribution in [-0.2, 0) is 9.53 Å². The van der Waals surface area contributed by atoms with Gasteiger partial charge in [-0.05, 0) is 20.8 Å². The Hall–Kier alpha value is -1.30. The fourth-order valence-corrected chi connectivity index (χ4v) is 1.45. The average Bonchev–Trinajstić information content (AvgIpc) is 2.32. The van der Waals surface area contributed by atoms with Gasteiger partial charge in [-0.2, -0.15) is 0 Å². The summed E-state index contributed by atoms with van der Waals surface area (Å²) in [6.07, 6.45) is -0.0467. The van der Waals surface area contributed by atoms with E-state index in [2.05, 4.69) is 5.32 Å². The first kappa shape index (κ1) is 16.7. The van der Waals surface area contributed by atoms with Crippen LogP contribution in [0.4, 0.5) is 4.79 Å². The molecule has 0 aromatic rings. The lowest BCUT2D eigenvalue weighted by Gasteiger charge is -2.24. The van der Waals surface area contributed by atoms with Crippen LogP contribution in [0.3, 0.4) is 0 Å². The fraction of sp³-hybridized carbons (Fsp3) is 0.833. The number of carbonyl (C=O) groups is 2. The van der Waals surface area contributed by atoms with Crippen LogP contribution in [0.5, 0.6) is 0 Å². The van der Waals surface area contributed by atoms with Crippen LogP contribution in [0.15, 0.2) is 0 Å². The monoisotopic (exact) mass is 260 g/mol. The number of amides is 2. The van der Waals surface area contributed by atoms with E-state index >= 15 is 0 Å². The maximum absolute atomic E-state index is 11.8. The minimum atomic E-state index is -0.899. The van der Waals surface area contributed by atoms with E-state index in [4.69, 9.17) is 9.84 Å². The number of ether oxygens (including phenoxy) is 1. The molecule has 0 heterocycles. The molecule has 0 spiro atoms. The molecule has 2 amide bonds. The van der Waals surface area contributed by atoms with Gasteiger partial charge in [0, 0.05) is 26.2 Å². The van der Waals surface area contributed by atoms with Gasteiger partial charge >= 0.3 is 12.0 Å². The third-order valence-corrected chi connectivity index (χ3v) is 2.58. The van der Waals surface area contributed by atoms with Crippen LogP contribution in [0, 0.1) is 5.92 Å². The van der Waals surface area contributed by atoms with Crippen molar-refractivity contribution >= 4 is 12.0 Å². The van der Waals surface area contributed by atoms with Gasteiger partial charge in [0.15, 0.2) is 0 Å². The van der Waals surface area contributed by atoms with E-state index in [1.807, 2.05) is 20.8 Å². The van der Waals surface area contributed by atoms with Gasteiger partial charge in [0.1, 0.15) is 0 Å². The number of hydrogen-bond donors (Lipinski definition) is 2. The van der Waals surface area contributed by atoms with Gasteiger partial charge in [-0.25, -0.2) is 4.79 Å². The molecule has 0 aliphatic heterocycles. The van der Waals surface area contributed by atoms with E-state index < -0.39 is 11.9 Å². The highest BCUT2D eigenvalue weighted by Gasteiger charge is 2.19. The lowest BCUT2D eigenvalue weighted by atomic mass is 10.2. The van der Waals surface area contributed by atoms with Crippen molar-refractivity contribution in [2.75, 3.05) is 26.2 Å². The van der Waals surface area contributed by atoms with Crippen molar-refractivity contribution in [2.45, 2.75) is 33.8 Å². The first-order valence-corrected chi connectivity index (χ1v) is 6.29. The molecule has 0 aliphatic rings. The van der Waals surface area contributed by atoms with Gasteiger partial charge in [0.05, 0.1) is 12.0 Å². The van der Waals surface area contributed by atoms with Crippen LogP contribution in [0.25, 0.3) is 0 Å². The van der Waals surface area contributed by atoms with Crippen molar-refractivity contribution < 1.29 is 19.4 Å². The zero-order valence-electron chi connectivity index (χ0n) is 11.6. The van der Waals surface area contributed by atoms with Crippen LogP contribution in [0.1, 0.15) is 27.7 Å². The Kier molecular flexibility index (Phi) is 8.11. The molecule has 0 fully saturated rings. The largest absolute Gasteiger partial charge is 0.481 e. The highest BCUT2D eigenvalue weighted by Crippen LogP contribution is 2.01. The molecular weight excluding hydrogens is 236 g/mol. The van der Waals surface area contributed by atoms with E-state index in [0.29, 0.717) is 19.7 Å². The zero-order chi connectivity index (χ0) is 14.1. The number of carboxylic acid groups (broad SMARTS) is 1. The summed E-state index contributed by atoms with van der Waals surface area (Å²) in [5.74, 6) is -1.47. The van der Waals surface area contributed by atoms with Gasteiger partial charge in [-0.1, -0.05) is 6.92 Å². The van der Waals surface area contributed by atoms with Crippen LogP contribution in [0.2, 0.25) is 0 Å². The third kappa shape index (κ3) is 6.44. The molecule has 0 aromatic heterocycles. The summed E-state index contributed by atoms with van der Waals surface area (Å²) in [5.41, 5.74) is 0. The Morgan fingerprint density at radius 1 is 1.33 bits per heavy atom. The van der Waals surface area contributed by atoms with Crippen molar-refractivity contribution in [3.8, 4) is 0 Å². The summed E-state index contributed by atoms with van der Waals surface area (Å²) in [4.78, 5) is 24.0. The molecule has 6 heteroatoms. The molecule has 0 aromatic carbocycles. The van der Waals surface area contributed by atoms with Crippen molar-refractivity contribution in [2.24, 2.45) is 5.92 Å². The SMILES string of the molecule is CCOC(C)CNC(=O)N(CC)CC(C)C(=O)O. The summed E-state index contributed by atoms with van der Waals surface area (Å²) in [5, 5.41) is 11.5. The van der Waals surface area contributed by atoms with Crippen molar-refractivity contribution in [1.82, 2.24) is 10.2 Å². The van der Waals surface area contributed by atoms with Gasteiger partial charge < -0.3 is 20.1 Å². The quantitative estimate of drug-likeness (QED) is 0.686. The lowest BCUT2D eigenvalue weighted by Crippen LogP contribution is -2.45. The molecule has 0 saturated heterocycles. The average molecular weight is 260 g/mol. The van der Waals surface area contributed by atoms with Gasteiger partial charge in [0.2, 0.25) is 0 Å². The molecule has 2 N–H and O–H groups in total. The highest BCUT2D eigenvalue weighted by atomic mass is 16.5. The van der Waals surface area contributed by atoms with E-state index in [1.165, 1.54) is 4.90 Å². The molecule has 2 unspecified atom stereocenters. The Balaban J connectivity index is 4.14. The van der Waals surface area contributed by atoms with Gasteiger partial charge in [-0.3, -0.25) is 4.79 Å². The summed E-state index contributed by atoms with van der Waals surface area (Å²) in [6.45, 7) is 8.88. The number of nitrogens with one attached hydrogen (secondary N) is 1. The third-order valence-electron chi connectivity index (χ3n) is 2.58. The first-order valence-electron chi connectivity index (χ1n) is 6.29. The molecule has 0 radical (unpaired) electrons. The molecule has 0 saturated carbocycles. The van der Waals surface area contributed by atoms with Gasteiger partial charge in [-0.15, -0.1) is 0 Å². The molecule has 6 nitrogen and oxygen atoms in total. The number of rotatable bonds is 8. The standard InChI is InChI=1S/C12H24N2O4/c1-5-14(8-9(3)11(15)16)12(17)13-7-10(4)18-6-2/h9-10H,5-8H2,1-4H3,(H,13,17)(H,15,16). The number of nitrogens with zero attached hydrogens (tertiary/aromatic N) is 1. The number of carboxylic acids is 1. The molecule has 0 bridgehead atoms. The minimum Gasteiger partial charge on any atom is -0.481 e. The summed E-state index contributed by atoms with van der Waals surface area (Å²) >= 11 is 0. The predicted molar refractivity (Wildman–Crippen MR) is 68.5 cm³/mol. The Bertz CT molecular complexity index is 271. The second-order valence-electron chi connectivity index (χ2n) is 4.23. The number of aliphatic carboxylic acids is 1. The smallest absolute Gasteiger partial charge is 0.317 e. The van der Waals surface area contributed by atoms with Crippen LogP contribution < -0.4 is 5.32 Å². The first-order chi connectivity index (χ1) is 8.42. The summed E-state index contributed by atoms with van der Waals surface area (Å²) in [7, 11) is 0. The Labute approximate surface area is 108 Å². The van der Waals surface area contributed by atoms with Crippen molar-refractivity contribution in [1.29, 1.82) is 0 Å². The maximum atomic E-state index is 11.8. The van der Waals surface area contributed by atoms with E-state index in [0.717, 1.165) is 0 Å². The normalized spacial score (nSPS) is 13.8. The van der Waals surface area contributed by atoms with Crippen molar-refractivity contribution in [3.05, 3.63) is 0 Å². The second-order valence-corrected chi connectivity index (χ2v) is 4.23. The zero-order valence-corrected chi connectivity index (χ0v) is 11.6. The summed E-state index contributed by atoms with van der Waals surface area (Å²) in [6, 6.07) is -0.253. The number of hydrogen-bond acceptors (Lipinski definition) is 3. The fourth-order valence-electron chi connectivity index (χ4n) is 1.45. The second kappa shape index (κ2) is 8.74. The molecule has 18 heavy (non-hydrogen) atoms. The number of urea groups is 1. The lowest BCUT2D eigenvalue weighted by molar-refractivity contribution is -0.141.